The van der Waals surface area contributed by atoms with Crippen molar-refractivity contribution in [3.63, 3.8) is 0 Å². The molecule has 0 radical (unpaired) electrons. The zero-order valence-electron chi connectivity index (χ0n) is 11.0. The fraction of sp³-hybridized carbons (Fsp3) is 1.00. The van der Waals surface area contributed by atoms with E-state index in [1.54, 1.807) is 0 Å². The third-order valence-electron chi connectivity index (χ3n) is 3.23. The Balaban J connectivity index is 2.13. The Kier molecular flexibility index (Phi) is 5.73. The molecule has 0 aromatic rings. The Bertz CT molecular complexity index is 186. The lowest BCUT2D eigenvalue weighted by Gasteiger charge is -2.28. The van der Waals surface area contributed by atoms with Crippen LogP contribution in [0.2, 0.25) is 0 Å². The lowest BCUT2D eigenvalue weighted by Crippen LogP contribution is -2.36. The van der Waals surface area contributed by atoms with Crippen molar-refractivity contribution in [2.24, 2.45) is 11.3 Å². The maximum Gasteiger partial charge on any atom is 0.0517 e. The summed E-state index contributed by atoms with van der Waals surface area (Å²) >= 11 is 0. The number of hydrogen-bond acceptors (Lipinski definition) is 3. The van der Waals surface area contributed by atoms with E-state index in [0.29, 0.717) is 0 Å². The second-order valence-electron chi connectivity index (χ2n) is 5.90. The Morgan fingerprint density at radius 1 is 1.38 bits per heavy atom. The second kappa shape index (κ2) is 6.58. The lowest BCUT2D eigenvalue weighted by atomic mass is 9.86. The second-order valence-corrected chi connectivity index (χ2v) is 5.90. The van der Waals surface area contributed by atoms with Crippen LogP contribution in [0.1, 0.15) is 40.0 Å². The molecule has 3 nitrogen and oxygen atoms in total. The van der Waals surface area contributed by atoms with Crippen molar-refractivity contribution in [1.29, 1.82) is 0 Å². The maximum atomic E-state index is 9.39. The SMILES string of the molecule is CC(O)CC(C)(C)CNCC1CCOCC1. The van der Waals surface area contributed by atoms with Gasteiger partial charge in [-0.05, 0) is 44.1 Å². The molecule has 1 aliphatic rings. The predicted molar refractivity (Wildman–Crippen MR) is 66.5 cm³/mol. The molecule has 1 unspecified atom stereocenters. The predicted octanol–water partition coefficient (Wildman–Crippen LogP) is 1.80. The summed E-state index contributed by atoms with van der Waals surface area (Å²) in [5, 5.41) is 12.9. The summed E-state index contributed by atoms with van der Waals surface area (Å²) in [4.78, 5) is 0. The molecule has 0 aliphatic carbocycles. The average molecular weight is 229 g/mol. The lowest BCUT2D eigenvalue weighted by molar-refractivity contribution is 0.0647. The molecule has 1 aliphatic heterocycles. The van der Waals surface area contributed by atoms with Gasteiger partial charge in [-0.3, -0.25) is 0 Å². The van der Waals surface area contributed by atoms with Gasteiger partial charge in [0.2, 0.25) is 0 Å². The highest BCUT2D eigenvalue weighted by Gasteiger charge is 2.21. The van der Waals surface area contributed by atoms with E-state index in [9.17, 15) is 5.11 Å². The van der Waals surface area contributed by atoms with Crippen molar-refractivity contribution in [1.82, 2.24) is 5.32 Å². The number of aliphatic hydroxyl groups is 1. The fourth-order valence-electron chi connectivity index (χ4n) is 2.44. The van der Waals surface area contributed by atoms with Crippen LogP contribution in [0.25, 0.3) is 0 Å². The van der Waals surface area contributed by atoms with Crippen LogP contribution in [0.5, 0.6) is 0 Å². The van der Waals surface area contributed by atoms with Gasteiger partial charge in [0.15, 0.2) is 0 Å². The zero-order valence-corrected chi connectivity index (χ0v) is 11.0. The van der Waals surface area contributed by atoms with Crippen molar-refractivity contribution < 1.29 is 9.84 Å². The smallest absolute Gasteiger partial charge is 0.0517 e. The van der Waals surface area contributed by atoms with Crippen LogP contribution < -0.4 is 5.32 Å². The summed E-state index contributed by atoms with van der Waals surface area (Å²) in [7, 11) is 0. The molecule has 0 saturated carbocycles. The van der Waals surface area contributed by atoms with Crippen LogP contribution >= 0.6 is 0 Å². The van der Waals surface area contributed by atoms with Crippen LogP contribution in [0, 0.1) is 11.3 Å². The van der Waals surface area contributed by atoms with E-state index >= 15 is 0 Å². The van der Waals surface area contributed by atoms with E-state index in [-0.39, 0.29) is 11.5 Å². The highest BCUT2D eigenvalue weighted by Crippen LogP contribution is 2.21. The molecule has 0 aromatic carbocycles. The van der Waals surface area contributed by atoms with Crippen LogP contribution in [-0.2, 0) is 4.74 Å². The first-order chi connectivity index (χ1) is 7.49. The van der Waals surface area contributed by atoms with E-state index in [4.69, 9.17) is 4.74 Å². The van der Waals surface area contributed by atoms with Gasteiger partial charge >= 0.3 is 0 Å². The molecule has 16 heavy (non-hydrogen) atoms. The van der Waals surface area contributed by atoms with E-state index in [0.717, 1.165) is 38.6 Å². The number of nitrogens with one attached hydrogen (secondary N) is 1. The van der Waals surface area contributed by atoms with Gasteiger partial charge in [0.05, 0.1) is 6.10 Å². The molecular weight excluding hydrogens is 202 g/mol. The molecule has 1 heterocycles. The minimum Gasteiger partial charge on any atom is -0.393 e. The molecule has 1 rings (SSSR count). The third-order valence-corrected chi connectivity index (χ3v) is 3.23. The van der Waals surface area contributed by atoms with Crippen LogP contribution in [0.15, 0.2) is 0 Å². The van der Waals surface area contributed by atoms with Crippen molar-refractivity contribution >= 4 is 0 Å². The fourth-order valence-corrected chi connectivity index (χ4v) is 2.44. The summed E-state index contributed by atoms with van der Waals surface area (Å²) < 4.78 is 5.34. The molecule has 1 saturated heterocycles. The molecule has 0 spiro atoms. The third kappa shape index (κ3) is 5.83. The van der Waals surface area contributed by atoms with Gasteiger partial charge in [-0.1, -0.05) is 13.8 Å². The van der Waals surface area contributed by atoms with Gasteiger partial charge in [0.25, 0.3) is 0 Å². The van der Waals surface area contributed by atoms with Gasteiger partial charge in [0, 0.05) is 19.8 Å². The number of aliphatic hydroxyl groups excluding tert-OH is 1. The first kappa shape index (κ1) is 13.9. The summed E-state index contributed by atoms with van der Waals surface area (Å²) in [6, 6.07) is 0. The van der Waals surface area contributed by atoms with Crippen LogP contribution in [0.3, 0.4) is 0 Å². The molecule has 2 N–H and O–H groups in total. The van der Waals surface area contributed by atoms with E-state index in [2.05, 4.69) is 19.2 Å². The van der Waals surface area contributed by atoms with Crippen molar-refractivity contribution in [2.75, 3.05) is 26.3 Å². The van der Waals surface area contributed by atoms with Crippen molar-refractivity contribution in [3.05, 3.63) is 0 Å². The maximum absolute atomic E-state index is 9.39. The van der Waals surface area contributed by atoms with Gasteiger partial charge in [-0.15, -0.1) is 0 Å². The number of hydrogen-bond donors (Lipinski definition) is 2. The highest BCUT2D eigenvalue weighted by molar-refractivity contribution is 4.75. The molecular formula is C13H27NO2. The Labute approximate surface area is 99.6 Å². The van der Waals surface area contributed by atoms with Gasteiger partial charge in [-0.25, -0.2) is 0 Å². The molecule has 3 heteroatoms. The molecule has 0 aromatic heterocycles. The van der Waals surface area contributed by atoms with Crippen molar-refractivity contribution in [3.8, 4) is 0 Å². The van der Waals surface area contributed by atoms with Crippen LogP contribution in [-0.4, -0.2) is 37.5 Å². The molecule has 0 bridgehead atoms. The first-order valence-electron chi connectivity index (χ1n) is 6.46. The van der Waals surface area contributed by atoms with Crippen LogP contribution in [0.4, 0.5) is 0 Å². The Morgan fingerprint density at radius 3 is 2.56 bits per heavy atom. The average Bonchev–Trinajstić information content (AvgIpc) is 2.16. The summed E-state index contributed by atoms with van der Waals surface area (Å²) in [5.74, 6) is 0.774. The summed E-state index contributed by atoms with van der Waals surface area (Å²) in [6.45, 7) is 10.2. The first-order valence-corrected chi connectivity index (χ1v) is 6.46. The molecule has 0 amide bonds. The van der Waals surface area contributed by atoms with Gasteiger partial charge in [-0.2, -0.15) is 0 Å². The Hall–Kier alpha value is -0.120. The summed E-state index contributed by atoms with van der Waals surface area (Å²) in [6.07, 6.45) is 3.02. The van der Waals surface area contributed by atoms with E-state index in [1.165, 1.54) is 12.8 Å². The highest BCUT2D eigenvalue weighted by atomic mass is 16.5. The minimum atomic E-state index is -0.208. The largest absolute Gasteiger partial charge is 0.393 e. The number of ether oxygens (including phenoxy) is 1. The quantitative estimate of drug-likeness (QED) is 0.730. The van der Waals surface area contributed by atoms with Crippen molar-refractivity contribution in [2.45, 2.75) is 46.1 Å². The Morgan fingerprint density at radius 2 is 2.00 bits per heavy atom. The zero-order chi connectivity index (χ0) is 12.0. The minimum absolute atomic E-state index is 0.180. The normalized spacial score (nSPS) is 21.0. The monoisotopic (exact) mass is 229 g/mol. The van der Waals surface area contributed by atoms with Gasteiger partial charge < -0.3 is 15.2 Å². The molecule has 1 atom stereocenters. The molecule has 96 valence electrons. The summed E-state index contributed by atoms with van der Waals surface area (Å²) in [5.41, 5.74) is 0.180. The van der Waals surface area contributed by atoms with E-state index in [1.807, 2.05) is 6.92 Å². The number of rotatable bonds is 6. The topological polar surface area (TPSA) is 41.5 Å². The van der Waals surface area contributed by atoms with Gasteiger partial charge in [0.1, 0.15) is 0 Å². The molecule has 1 fully saturated rings. The standard InChI is InChI=1S/C13H27NO2/c1-11(15)8-13(2,3)10-14-9-12-4-6-16-7-5-12/h11-12,14-15H,4-10H2,1-3H3. The van der Waals surface area contributed by atoms with E-state index < -0.39 is 0 Å².